The van der Waals surface area contributed by atoms with Crippen molar-refractivity contribution in [2.24, 2.45) is 0 Å². The third-order valence-corrected chi connectivity index (χ3v) is 9.36. The van der Waals surface area contributed by atoms with Gasteiger partial charge >= 0.3 is 0 Å². The molecule has 7 nitrogen and oxygen atoms in total. The summed E-state index contributed by atoms with van der Waals surface area (Å²) in [4.78, 5) is 20.2. The average Bonchev–Trinajstić information content (AvgIpc) is 3.51. The summed E-state index contributed by atoms with van der Waals surface area (Å²) in [7, 11) is -3.61. The number of hydrogen-bond acceptors (Lipinski definition) is 6. The summed E-state index contributed by atoms with van der Waals surface area (Å²) in [6.07, 6.45) is 3.30. The molecular formula is C25H30BrN3O4S2. The molecule has 0 N–H and O–H groups in total. The van der Waals surface area contributed by atoms with Crippen LogP contribution in [0.25, 0.3) is 10.2 Å². The van der Waals surface area contributed by atoms with Crippen LogP contribution in [0.5, 0.6) is 0 Å². The van der Waals surface area contributed by atoms with E-state index in [2.05, 4.69) is 15.9 Å². The number of sulfonamides is 1. The highest BCUT2D eigenvalue weighted by molar-refractivity contribution is 9.10. The van der Waals surface area contributed by atoms with Crippen LogP contribution in [0, 0.1) is 0 Å². The first-order valence-electron chi connectivity index (χ1n) is 11.9. The third-order valence-electron chi connectivity index (χ3n) is 5.91. The number of ether oxygens (including phenoxy) is 1. The van der Waals surface area contributed by atoms with Crippen LogP contribution in [-0.4, -0.2) is 56.0 Å². The minimum absolute atomic E-state index is 0.0472. The van der Waals surface area contributed by atoms with E-state index < -0.39 is 10.0 Å². The summed E-state index contributed by atoms with van der Waals surface area (Å²) in [5.41, 5.74) is 1.24. The zero-order valence-electron chi connectivity index (χ0n) is 19.9. The zero-order valence-corrected chi connectivity index (χ0v) is 23.2. The second-order valence-electron chi connectivity index (χ2n) is 8.59. The normalized spacial score (nSPS) is 16.3. The standard InChI is InChI=1S/C25H30BrN3O4S2/c1-3-13-28(14-4-2)35(31,32)21-10-7-18(8-11-21)24(30)29(17-20-6-5-15-33-20)25-27-22-12-9-19(26)16-23(22)34-25/h7-12,16,20H,3-6,13-15,17H2,1-2H3. The lowest BCUT2D eigenvalue weighted by atomic mass is 10.2. The van der Waals surface area contributed by atoms with Crippen molar-refractivity contribution in [3.63, 3.8) is 0 Å². The topological polar surface area (TPSA) is 79.8 Å². The second-order valence-corrected chi connectivity index (χ2v) is 12.5. The van der Waals surface area contributed by atoms with E-state index in [9.17, 15) is 13.2 Å². The zero-order chi connectivity index (χ0) is 25.0. The van der Waals surface area contributed by atoms with Gasteiger partial charge in [0.1, 0.15) is 0 Å². The number of halogens is 1. The molecule has 1 atom stereocenters. The molecule has 1 unspecified atom stereocenters. The fraction of sp³-hybridized carbons (Fsp3) is 0.440. The Morgan fingerprint density at radius 1 is 1.14 bits per heavy atom. The Morgan fingerprint density at radius 2 is 1.86 bits per heavy atom. The van der Waals surface area contributed by atoms with E-state index in [1.54, 1.807) is 17.0 Å². The molecule has 188 valence electrons. The van der Waals surface area contributed by atoms with Gasteiger partial charge in [0.05, 0.1) is 27.8 Å². The molecule has 1 aromatic heterocycles. The molecule has 1 aliphatic rings. The molecule has 1 saturated heterocycles. The fourth-order valence-electron chi connectivity index (χ4n) is 4.17. The molecule has 0 spiro atoms. The minimum Gasteiger partial charge on any atom is -0.376 e. The number of anilines is 1. The molecule has 3 aromatic rings. The van der Waals surface area contributed by atoms with Crippen molar-refractivity contribution in [1.29, 1.82) is 0 Å². The van der Waals surface area contributed by atoms with Crippen LogP contribution >= 0.6 is 27.3 Å². The molecule has 0 saturated carbocycles. The van der Waals surface area contributed by atoms with Crippen molar-refractivity contribution in [1.82, 2.24) is 9.29 Å². The molecule has 10 heteroatoms. The van der Waals surface area contributed by atoms with Crippen LogP contribution in [0.1, 0.15) is 49.9 Å². The SMILES string of the molecule is CCCN(CCC)S(=O)(=O)c1ccc(C(=O)N(CC2CCCO2)c2nc3ccc(Br)cc3s2)cc1. The van der Waals surface area contributed by atoms with E-state index in [4.69, 9.17) is 9.72 Å². The van der Waals surface area contributed by atoms with Crippen LogP contribution in [0.15, 0.2) is 51.8 Å². The molecule has 1 amide bonds. The molecular weight excluding hydrogens is 550 g/mol. The van der Waals surface area contributed by atoms with Crippen molar-refractivity contribution in [3.05, 3.63) is 52.5 Å². The third kappa shape index (κ3) is 5.94. The molecule has 4 rings (SSSR count). The lowest BCUT2D eigenvalue weighted by Gasteiger charge is -2.23. The first kappa shape index (κ1) is 26.2. The first-order chi connectivity index (χ1) is 16.8. The maximum Gasteiger partial charge on any atom is 0.260 e. The summed E-state index contributed by atoms with van der Waals surface area (Å²) in [5, 5.41) is 0.604. The molecule has 2 heterocycles. The Balaban J connectivity index is 1.63. The van der Waals surface area contributed by atoms with Gasteiger partial charge in [0.25, 0.3) is 5.91 Å². The Labute approximate surface area is 219 Å². The van der Waals surface area contributed by atoms with Crippen LogP contribution in [0.2, 0.25) is 0 Å². The summed E-state index contributed by atoms with van der Waals surface area (Å²) in [6, 6.07) is 12.1. The molecule has 2 aromatic carbocycles. The number of carbonyl (C=O) groups is 1. The number of thiazole rings is 1. The number of benzene rings is 2. The number of fused-ring (bicyclic) bond motifs is 1. The predicted octanol–water partition coefficient (Wildman–Crippen LogP) is 5.70. The quantitative estimate of drug-likeness (QED) is 0.308. The van der Waals surface area contributed by atoms with Gasteiger partial charge in [-0.3, -0.25) is 9.69 Å². The average molecular weight is 581 g/mol. The van der Waals surface area contributed by atoms with Gasteiger partial charge in [-0.15, -0.1) is 0 Å². The van der Waals surface area contributed by atoms with Gasteiger partial charge in [-0.05, 0) is 68.1 Å². The van der Waals surface area contributed by atoms with E-state index in [-0.39, 0.29) is 16.9 Å². The summed E-state index contributed by atoms with van der Waals surface area (Å²) in [5.74, 6) is -0.221. The maximum atomic E-state index is 13.6. The van der Waals surface area contributed by atoms with Gasteiger partial charge in [-0.25, -0.2) is 13.4 Å². The van der Waals surface area contributed by atoms with Gasteiger partial charge in [-0.1, -0.05) is 41.1 Å². The number of nitrogens with zero attached hydrogens (tertiary/aromatic N) is 3. The first-order valence-corrected chi connectivity index (χ1v) is 15.0. The van der Waals surface area contributed by atoms with Crippen LogP contribution in [0.3, 0.4) is 0 Å². The van der Waals surface area contributed by atoms with E-state index >= 15 is 0 Å². The number of aromatic nitrogens is 1. The van der Waals surface area contributed by atoms with Crippen LogP contribution in [-0.2, 0) is 14.8 Å². The Bertz CT molecular complexity index is 1270. The highest BCUT2D eigenvalue weighted by atomic mass is 79.9. The van der Waals surface area contributed by atoms with Crippen LogP contribution < -0.4 is 4.90 Å². The van der Waals surface area contributed by atoms with Crippen molar-refractivity contribution < 1.29 is 17.9 Å². The number of carbonyl (C=O) groups excluding carboxylic acids is 1. The smallest absolute Gasteiger partial charge is 0.260 e. The molecule has 35 heavy (non-hydrogen) atoms. The maximum absolute atomic E-state index is 13.6. The number of rotatable bonds is 10. The van der Waals surface area contributed by atoms with Gasteiger partial charge in [0.2, 0.25) is 10.0 Å². The summed E-state index contributed by atoms with van der Waals surface area (Å²) >= 11 is 4.95. The largest absolute Gasteiger partial charge is 0.376 e. The van der Waals surface area contributed by atoms with Gasteiger partial charge in [-0.2, -0.15) is 4.31 Å². The van der Waals surface area contributed by atoms with Gasteiger partial charge in [0, 0.05) is 29.7 Å². The highest BCUT2D eigenvalue weighted by Gasteiger charge is 2.28. The Hall–Kier alpha value is -1.85. The van der Waals surface area contributed by atoms with Crippen molar-refractivity contribution in [2.75, 3.05) is 31.1 Å². The molecule has 0 aliphatic carbocycles. The molecule has 1 fully saturated rings. The molecule has 0 radical (unpaired) electrons. The van der Waals surface area contributed by atoms with Crippen molar-refractivity contribution >= 4 is 58.5 Å². The summed E-state index contributed by atoms with van der Waals surface area (Å²) in [6.45, 7) is 5.96. The Kier molecular flexibility index (Phi) is 8.59. The van der Waals surface area contributed by atoms with Crippen molar-refractivity contribution in [2.45, 2.75) is 50.5 Å². The van der Waals surface area contributed by atoms with Gasteiger partial charge < -0.3 is 4.74 Å². The molecule has 0 bridgehead atoms. The van der Waals surface area contributed by atoms with Crippen molar-refractivity contribution in [3.8, 4) is 0 Å². The number of amides is 1. The van der Waals surface area contributed by atoms with Crippen LogP contribution in [0.4, 0.5) is 5.13 Å². The second kappa shape index (κ2) is 11.5. The Morgan fingerprint density at radius 3 is 2.49 bits per heavy atom. The van der Waals surface area contributed by atoms with E-state index in [1.165, 1.54) is 27.8 Å². The van der Waals surface area contributed by atoms with E-state index in [0.29, 0.717) is 36.9 Å². The van der Waals surface area contributed by atoms with E-state index in [1.807, 2.05) is 32.0 Å². The highest BCUT2D eigenvalue weighted by Crippen LogP contribution is 2.32. The summed E-state index contributed by atoms with van der Waals surface area (Å²) < 4.78 is 35.5. The monoisotopic (exact) mass is 579 g/mol. The number of hydrogen-bond donors (Lipinski definition) is 0. The molecule has 1 aliphatic heterocycles. The lowest BCUT2D eigenvalue weighted by molar-refractivity contribution is 0.0917. The van der Waals surface area contributed by atoms with Gasteiger partial charge in [0.15, 0.2) is 5.13 Å². The van der Waals surface area contributed by atoms with E-state index in [0.717, 1.165) is 40.4 Å². The predicted molar refractivity (Wildman–Crippen MR) is 144 cm³/mol. The minimum atomic E-state index is -3.61. The fourth-order valence-corrected chi connectivity index (χ4v) is 7.32. The lowest BCUT2D eigenvalue weighted by Crippen LogP contribution is -2.37.